The van der Waals surface area contributed by atoms with Crippen molar-refractivity contribution < 1.29 is 18.2 Å². The lowest BCUT2D eigenvalue weighted by molar-refractivity contribution is 0.305. The first-order valence-corrected chi connectivity index (χ1v) is 18.1. The molecule has 0 unspecified atom stereocenters. The molecule has 181 valence electrons. The highest BCUT2D eigenvalue weighted by Gasteiger charge is 2.27. The van der Waals surface area contributed by atoms with Crippen LogP contribution >= 0.6 is 0 Å². The van der Waals surface area contributed by atoms with E-state index < -0.39 is 16.6 Å². The molecule has 0 aliphatic heterocycles. The van der Waals surface area contributed by atoms with Gasteiger partial charge in [-0.1, -0.05) is 52.0 Å². The van der Waals surface area contributed by atoms with Gasteiger partial charge < -0.3 is 18.2 Å². The molecular weight excluding hydrogens is 443 g/mol. The molecule has 1 radical (unpaired) electrons. The molecule has 0 atom stereocenters. The molecule has 0 bridgehead atoms. The molecule has 0 saturated carbocycles. The summed E-state index contributed by atoms with van der Waals surface area (Å²) in [5.74, 6) is 1.52. The van der Waals surface area contributed by atoms with Crippen LogP contribution in [0.4, 0.5) is 0 Å². The Morgan fingerprint density at radius 2 is 1.06 bits per heavy atom. The molecular formula is C26H42BO4Si2. The van der Waals surface area contributed by atoms with Crippen molar-refractivity contribution in [3.63, 3.8) is 0 Å². The summed E-state index contributed by atoms with van der Waals surface area (Å²) in [5, 5.41) is 0. The Labute approximate surface area is 204 Å². The molecule has 0 aliphatic rings. The minimum atomic E-state index is -1.60. The van der Waals surface area contributed by atoms with Crippen LogP contribution in [-0.4, -0.2) is 37.5 Å². The summed E-state index contributed by atoms with van der Waals surface area (Å²) in [4.78, 5) is 0. The summed E-state index contributed by atoms with van der Waals surface area (Å²) in [5.41, 5.74) is 3.62. The number of benzene rings is 2. The monoisotopic (exact) mass is 485 g/mol. The van der Waals surface area contributed by atoms with Crippen LogP contribution in [0.1, 0.15) is 38.8 Å². The van der Waals surface area contributed by atoms with E-state index in [1.807, 2.05) is 36.4 Å². The fourth-order valence-electron chi connectivity index (χ4n) is 2.88. The molecule has 4 nitrogen and oxygen atoms in total. The smallest absolute Gasteiger partial charge is 0.526 e. The fourth-order valence-corrected chi connectivity index (χ4v) is 4.80. The summed E-state index contributed by atoms with van der Waals surface area (Å²) in [6, 6.07) is 16.2. The van der Waals surface area contributed by atoms with Crippen molar-refractivity contribution in [1.82, 2.24) is 0 Å². The van der Waals surface area contributed by atoms with E-state index >= 15 is 0 Å². The maximum atomic E-state index is 6.20. The molecule has 0 N–H and O–H groups in total. The van der Waals surface area contributed by atoms with Crippen molar-refractivity contribution >= 4 is 24.3 Å². The van der Waals surface area contributed by atoms with Gasteiger partial charge in [-0.3, -0.25) is 0 Å². The summed E-state index contributed by atoms with van der Waals surface area (Å²) in [7, 11) is -1.80. The summed E-state index contributed by atoms with van der Waals surface area (Å²) < 4.78 is 23.9. The van der Waals surface area contributed by atoms with Gasteiger partial charge in [0.15, 0.2) is 16.6 Å². The third-order valence-electron chi connectivity index (χ3n) is 6.68. The Kier molecular flexibility index (Phi) is 10.7. The second-order valence-corrected chi connectivity index (χ2v) is 19.6. The first kappa shape index (κ1) is 27.7. The largest absolute Gasteiger partial charge is 0.658 e. The highest BCUT2D eigenvalue weighted by atomic mass is 28.4. The maximum Gasteiger partial charge on any atom is 0.658 e. The van der Waals surface area contributed by atoms with Crippen LogP contribution in [0.3, 0.4) is 0 Å². The molecule has 2 aromatic carbocycles. The second-order valence-electron chi connectivity index (χ2n) is 10.3. The van der Waals surface area contributed by atoms with Crippen LogP contribution in [0.2, 0.25) is 37.3 Å². The van der Waals surface area contributed by atoms with Gasteiger partial charge >= 0.3 is 7.69 Å². The maximum absolute atomic E-state index is 6.20. The van der Waals surface area contributed by atoms with E-state index in [0.29, 0.717) is 11.1 Å². The lowest BCUT2D eigenvalue weighted by Crippen LogP contribution is -2.34. The van der Waals surface area contributed by atoms with Gasteiger partial charge in [0.05, 0.1) is 0 Å². The average Bonchev–Trinajstić information content (AvgIpc) is 2.74. The first-order chi connectivity index (χ1) is 15.5. The van der Waals surface area contributed by atoms with Gasteiger partial charge in [-0.15, -0.1) is 0 Å². The molecule has 33 heavy (non-hydrogen) atoms. The lowest BCUT2D eigenvalue weighted by Gasteiger charge is -2.26. The third-order valence-corrected chi connectivity index (χ3v) is 14.1. The van der Waals surface area contributed by atoms with Crippen molar-refractivity contribution in [2.24, 2.45) is 0 Å². The predicted molar refractivity (Wildman–Crippen MR) is 144 cm³/mol. The zero-order valence-corrected chi connectivity index (χ0v) is 23.8. The quantitative estimate of drug-likeness (QED) is 0.269. The summed E-state index contributed by atoms with van der Waals surface area (Å²) >= 11 is 0. The minimum absolute atomic E-state index is 0.610. The van der Waals surface area contributed by atoms with Crippen LogP contribution in [0.5, 0.6) is 11.5 Å². The molecule has 0 heterocycles. The van der Waals surface area contributed by atoms with Crippen molar-refractivity contribution in [3.8, 4) is 11.5 Å². The van der Waals surface area contributed by atoms with Crippen LogP contribution in [-0.2, 0) is 21.7 Å². The minimum Gasteiger partial charge on any atom is -0.526 e. The van der Waals surface area contributed by atoms with Crippen LogP contribution in [0, 0.1) is 0 Å². The van der Waals surface area contributed by atoms with E-state index in [0.717, 1.165) is 37.6 Å². The van der Waals surface area contributed by atoms with Crippen molar-refractivity contribution in [1.29, 1.82) is 0 Å². The molecule has 2 aromatic rings. The van der Waals surface area contributed by atoms with Gasteiger partial charge in [-0.25, -0.2) is 0 Å². The van der Waals surface area contributed by atoms with Crippen LogP contribution in [0.15, 0.2) is 48.5 Å². The SMILES string of the molecule is CC(C)[Si](C)(C)OCCc1cccc(O[B]Oc2cccc(CCO[Si](C)(C)C(C)C)c2)c1. The molecule has 0 aliphatic carbocycles. The topological polar surface area (TPSA) is 36.9 Å². The number of rotatable bonds is 14. The fraction of sp³-hybridized carbons (Fsp3) is 0.538. The van der Waals surface area contributed by atoms with Crippen LogP contribution < -0.4 is 9.31 Å². The Morgan fingerprint density at radius 1 is 0.667 bits per heavy atom. The standard InChI is InChI=1S/C26H42BO4Si2/c1-21(2)32(5,6)28-17-15-23-11-9-13-25(19-23)30-27-31-26-14-10-12-24(20-26)16-18-29-33(7,8)22(3)4/h9-14,19-22H,15-18H2,1-8H3. The van der Waals surface area contributed by atoms with E-state index in [1.165, 1.54) is 18.8 Å². The van der Waals surface area contributed by atoms with E-state index in [-0.39, 0.29) is 0 Å². The molecule has 0 aromatic heterocycles. The van der Waals surface area contributed by atoms with Gasteiger partial charge in [-0.05, 0) is 85.5 Å². The van der Waals surface area contributed by atoms with Crippen molar-refractivity contribution in [2.45, 2.75) is 77.8 Å². The van der Waals surface area contributed by atoms with Gasteiger partial charge in [0.1, 0.15) is 11.5 Å². The average molecular weight is 486 g/mol. The number of hydrogen-bond donors (Lipinski definition) is 0. The van der Waals surface area contributed by atoms with E-state index in [2.05, 4.69) is 66.0 Å². The Balaban J connectivity index is 1.79. The van der Waals surface area contributed by atoms with Gasteiger partial charge in [0, 0.05) is 13.2 Å². The number of hydrogen-bond acceptors (Lipinski definition) is 4. The van der Waals surface area contributed by atoms with Gasteiger partial charge in [-0.2, -0.15) is 0 Å². The van der Waals surface area contributed by atoms with E-state index in [4.69, 9.17) is 18.2 Å². The molecule has 0 amide bonds. The first-order valence-electron chi connectivity index (χ1n) is 12.1. The van der Waals surface area contributed by atoms with E-state index in [9.17, 15) is 0 Å². The third kappa shape index (κ3) is 9.69. The van der Waals surface area contributed by atoms with Crippen LogP contribution in [0.25, 0.3) is 0 Å². The van der Waals surface area contributed by atoms with Gasteiger partial charge in [0.25, 0.3) is 0 Å². The van der Waals surface area contributed by atoms with Gasteiger partial charge in [0.2, 0.25) is 0 Å². The zero-order chi connectivity index (χ0) is 24.5. The predicted octanol–water partition coefficient (Wildman–Crippen LogP) is 7.03. The molecule has 0 saturated heterocycles. The Morgan fingerprint density at radius 3 is 1.42 bits per heavy atom. The Bertz CT molecular complexity index is 786. The highest BCUT2D eigenvalue weighted by Crippen LogP contribution is 2.23. The molecule has 7 heteroatoms. The molecule has 2 rings (SSSR count). The zero-order valence-electron chi connectivity index (χ0n) is 21.8. The second kappa shape index (κ2) is 12.8. The lowest BCUT2D eigenvalue weighted by atomic mass is 10.1. The Hall–Kier alpha value is -1.54. The summed E-state index contributed by atoms with van der Waals surface area (Å²) in [6.07, 6.45) is 1.75. The molecule has 0 fully saturated rings. The van der Waals surface area contributed by atoms with Crippen molar-refractivity contribution in [3.05, 3.63) is 59.7 Å². The van der Waals surface area contributed by atoms with Crippen molar-refractivity contribution in [2.75, 3.05) is 13.2 Å². The summed E-state index contributed by atoms with van der Waals surface area (Å²) in [6.45, 7) is 19.6. The normalized spacial score (nSPS) is 12.3. The molecule has 0 spiro atoms. The highest BCUT2D eigenvalue weighted by molar-refractivity contribution is 6.72. The van der Waals surface area contributed by atoms with E-state index in [1.54, 1.807) is 0 Å².